The summed E-state index contributed by atoms with van der Waals surface area (Å²) in [5.74, 6) is 0.564. The number of aromatic nitrogens is 3. The predicted octanol–water partition coefficient (Wildman–Crippen LogP) is 3.38. The Balaban J connectivity index is 1.88. The third-order valence-corrected chi connectivity index (χ3v) is 6.53. The fourth-order valence-corrected chi connectivity index (χ4v) is 4.82. The van der Waals surface area contributed by atoms with Gasteiger partial charge in [-0.1, -0.05) is 43.3 Å². The second-order valence-corrected chi connectivity index (χ2v) is 8.23. The van der Waals surface area contributed by atoms with E-state index < -0.39 is 15.1 Å². The van der Waals surface area contributed by atoms with E-state index in [1.54, 1.807) is 11.3 Å². The van der Waals surface area contributed by atoms with Crippen LogP contribution in [0.3, 0.4) is 0 Å². The third-order valence-electron chi connectivity index (χ3n) is 3.60. The molecule has 0 fully saturated rings. The first-order valence-corrected chi connectivity index (χ1v) is 9.76. The lowest BCUT2D eigenvalue weighted by molar-refractivity contribution is 0.570. The summed E-state index contributed by atoms with van der Waals surface area (Å²) >= 11 is 1.60. The third kappa shape index (κ3) is 3.35. The van der Waals surface area contributed by atoms with E-state index in [1.165, 1.54) is 0 Å². The molecular weight excluding hydrogens is 330 g/mol. The fourth-order valence-electron chi connectivity index (χ4n) is 2.49. The van der Waals surface area contributed by atoms with Crippen molar-refractivity contribution >= 4 is 21.2 Å². The van der Waals surface area contributed by atoms with Crippen molar-refractivity contribution in [2.24, 2.45) is 0 Å². The number of thiophene rings is 1. The van der Waals surface area contributed by atoms with Crippen LogP contribution in [0.2, 0.25) is 0 Å². The normalized spacial score (nSPS) is 13.1. The molecule has 3 rings (SSSR count). The highest BCUT2D eigenvalue weighted by molar-refractivity contribution is 7.91. The number of rotatable bonds is 6. The summed E-state index contributed by atoms with van der Waals surface area (Å²) in [5.41, 5.74) is 0.764. The van der Waals surface area contributed by atoms with Crippen LogP contribution in [0.1, 0.15) is 34.9 Å². The summed E-state index contributed by atoms with van der Waals surface area (Å²) in [6.45, 7) is 1.86. The molecule has 0 aliphatic heterocycles. The van der Waals surface area contributed by atoms with E-state index in [4.69, 9.17) is 0 Å². The minimum atomic E-state index is -3.61. The summed E-state index contributed by atoms with van der Waals surface area (Å²) in [6, 6.07) is 13.1. The molecule has 7 heteroatoms. The minimum absolute atomic E-state index is 0.125. The maximum absolute atomic E-state index is 12.8. The van der Waals surface area contributed by atoms with Crippen LogP contribution < -0.4 is 0 Å². The molecule has 23 heavy (non-hydrogen) atoms. The molecule has 0 saturated heterocycles. The van der Waals surface area contributed by atoms with Gasteiger partial charge in [-0.2, -0.15) is 0 Å². The zero-order valence-electron chi connectivity index (χ0n) is 12.6. The molecule has 0 radical (unpaired) electrons. The Morgan fingerprint density at radius 2 is 1.96 bits per heavy atom. The van der Waals surface area contributed by atoms with Crippen molar-refractivity contribution in [1.29, 1.82) is 0 Å². The first-order valence-electron chi connectivity index (χ1n) is 7.33. The van der Waals surface area contributed by atoms with Gasteiger partial charge in [-0.15, -0.1) is 16.4 Å². The highest BCUT2D eigenvalue weighted by Gasteiger charge is 2.31. The van der Waals surface area contributed by atoms with Crippen molar-refractivity contribution in [1.82, 2.24) is 15.2 Å². The van der Waals surface area contributed by atoms with Gasteiger partial charge in [-0.3, -0.25) is 5.10 Å². The smallest absolute Gasteiger partial charge is 0.262 e. The molecule has 3 aromatic rings. The zero-order chi connectivity index (χ0) is 16.3. The van der Waals surface area contributed by atoms with Crippen molar-refractivity contribution < 1.29 is 8.42 Å². The average Bonchev–Trinajstić information content (AvgIpc) is 3.21. The predicted molar refractivity (Wildman–Crippen MR) is 90.2 cm³/mol. The van der Waals surface area contributed by atoms with Gasteiger partial charge in [0.1, 0.15) is 5.82 Å². The maximum Gasteiger partial charge on any atom is 0.267 e. The van der Waals surface area contributed by atoms with Crippen molar-refractivity contribution in [3.8, 4) is 0 Å². The second kappa shape index (κ2) is 6.64. The molecule has 1 N–H and O–H groups in total. The summed E-state index contributed by atoms with van der Waals surface area (Å²) in [5, 5.41) is 7.91. The maximum atomic E-state index is 12.8. The molecular formula is C16H17N3O2S2. The van der Waals surface area contributed by atoms with Crippen LogP contribution in [0, 0.1) is 0 Å². The van der Waals surface area contributed by atoms with Crippen LogP contribution in [0.5, 0.6) is 0 Å². The summed E-state index contributed by atoms with van der Waals surface area (Å²) in [7, 11) is -3.61. The topological polar surface area (TPSA) is 75.7 Å². The Kier molecular flexibility index (Phi) is 4.58. The van der Waals surface area contributed by atoms with E-state index in [2.05, 4.69) is 15.2 Å². The Bertz CT molecular complexity index is 856. The molecule has 2 aromatic heterocycles. The monoisotopic (exact) mass is 347 g/mol. The van der Waals surface area contributed by atoms with Crippen LogP contribution in [-0.4, -0.2) is 23.6 Å². The minimum Gasteiger partial charge on any atom is -0.262 e. The Labute approximate surface area is 139 Å². The lowest BCUT2D eigenvalue weighted by atomic mass is 10.1. The molecule has 0 saturated carbocycles. The lowest BCUT2D eigenvalue weighted by Crippen LogP contribution is -2.14. The summed E-state index contributed by atoms with van der Waals surface area (Å²) in [4.78, 5) is 5.31. The summed E-state index contributed by atoms with van der Waals surface area (Å²) in [6.07, 6.45) is 1.03. The van der Waals surface area contributed by atoms with E-state index in [-0.39, 0.29) is 5.16 Å². The van der Waals surface area contributed by atoms with Gasteiger partial charge in [-0.05, 0) is 23.4 Å². The molecule has 0 spiro atoms. The van der Waals surface area contributed by atoms with Crippen LogP contribution in [0.25, 0.3) is 0 Å². The van der Waals surface area contributed by atoms with Crippen LogP contribution in [-0.2, 0) is 16.3 Å². The van der Waals surface area contributed by atoms with Gasteiger partial charge in [-0.25, -0.2) is 13.4 Å². The first-order chi connectivity index (χ1) is 11.1. The second-order valence-electron chi connectivity index (χ2n) is 5.17. The van der Waals surface area contributed by atoms with Crippen molar-refractivity contribution in [2.75, 3.05) is 0 Å². The Hall–Kier alpha value is -1.99. The van der Waals surface area contributed by atoms with Crippen molar-refractivity contribution in [3.63, 3.8) is 0 Å². The van der Waals surface area contributed by atoms with Gasteiger partial charge >= 0.3 is 0 Å². The summed E-state index contributed by atoms with van der Waals surface area (Å²) < 4.78 is 25.7. The molecule has 1 atom stereocenters. The zero-order valence-corrected chi connectivity index (χ0v) is 14.3. The number of H-pyrrole nitrogens is 1. The van der Waals surface area contributed by atoms with E-state index >= 15 is 0 Å². The van der Waals surface area contributed by atoms with Gasteiger partial charge in [0, 0.05) is 11.3 Å². The lowest BCUT2D eigenvalue weighted by Gasteiger charge is -2.13. The SMILES string of the molecule is CCC(c1ccccc1)S(=O)(=O)c1n[nH]c(Cc2cccs2)n1. The molecule has 1 aromatic carbocycles. The molecule has 5 nitrogen and oxygen atoms in total. The quantitative estimate of drug-likeness (QED) is 0.741. The van der Waals surface area contributed by atoms with Crippen LogP contribution in [0.4, 0.5) is 0 Å². The fraction of sp³-hybridized carbons (Fsp3) is 0.250. The van der Waals surface area contributed by atoms with Crippen molar-refractivity contribution in [3.05, 3.63) is 64.1 Å². The molecule has 0 aliphatic rings. The van der Waals surface area contributed by atoms with E-state index in [0.717, 1.165) is 10.4 Å². The number of nitrogens with one attached hydrogen (secondary N) is 1. The molecule has 1 unspecified atom stereocenters. The molecule has 0 aliphatic carbocycles. The van der Waals surface area contributed by atoms with Gasteiger partial charge in [0.2, 0.25) is 9.84 Å². The number of hydrogen-bond donors (Lipinski definition) is 1. The molecule has 2 heterocycles. The number of hydrogen-bond acceptors (Lipinski definition) is 5. The standard InChI is InChI=1S/C16H17N3O2S2/c1-2-14(12-7-4-3-5-8-12)23(20,21)16-17-15(18-19-16)11-13-9-6-10-22-13/h3-10,14H,2,11H2,1H3,(H,17,18,19). The Morgan fingerprint density at radius 3 is 2.61 bits per heavy atom. The molecule has 0 amide bonds. The highest BCUT2D eigenvalue weighted by atomic mass is 32.2. The highest BCUT2D eigenvalue weighted by Crippen LogP contribution is 2.30. The number of sulfone groups is 1. The van der Waals surface area contributed by atoms with E-state index in [9.17, 15) is 8.42 Å². The molecule has 120 valence electrons. The van der Waals surface area contributed by atoms with Gasteiger partial charge < -0.3 is 0 Å². The average molecular weight is 347 g/mol. The van der Waals surface area contributed by atoms with E-state index in [1.807, 2.05) is 54.8 Å². The molecule has 0 bridgehead atoms. The van der Waals surface area contributed by atoms with Crippen molar-refractivity contribution in [2.45, 2.75) is 30.2 Å². The largest absolute Gasteiger partial charge is 0.267 e. The number of aromatic amines is 1. The van der Waals surface area contributed by atoms with E-state index in [0.29, 0.717) is 18.7 Å². The van der Waals surface area contributed by atoms with Gasteiger partial charge in [0.15, 0.2) is 0 Å². The van der Waals surface area contributed by atoms with Gasteiger partial charge in [0.25, 0.3) is 5.16 Å². The number of benzene rings is 1. The number of nitrogens with zero attached hydrogens (tertiary/aromatic N) is 2. The van der Waals surface area contributed by atoms with Crippen LogP contribution in [0.15, 0.2) is 53.0 Å². The van der Waals surface area contributed by atoms with Gasteiger partial charge in [0.05, 0.1) is 5.25 Å². The van der Waals surface area contributed by atoms with Crippen LogP contribution >= 0.6 is 11.3 Å². The Morgan fingerprint density at radius 1 is 1.17 bits per heavy atom. The first kappa shape index (κ1) is 15.9.